The van der Waals surface area contributed by atoms with E-state index in [2.05, 4.69) is 54.7 Å². The van der Waals surface area contributed by atoms with E-state index in [0.717, 1.165) is 15.8 Å². The molecular weight excluding hydrogens is 316 g/mol. The van der Waals surface area contributed by atoms with Crippen LogP contribution in [-0.2, 0) is 5.41 Å². The van der Waals surface area contributed by atoms with Crippen molar-refractivity contribution in [1.82, 2.24) is 4.98 Å². The number of anilines is 1. The second-order valence-electron chi connectivity index (χ2n) is 5.91. The van der Waals surface area contributed by atoms with E-state index >= 15 is 0 Å². The second-order valence-corrected chi connectivity index (χ2v) is 6.76. The number of pyridine rings is 1. The normalized spacial score (nSPS) is 11.4. The number of aryl methyl sites for hydroxylation is 1. The van der Waals surface area contributed by atoms with Crippen LogP contribution >= 0.6 is 15.9 Å². The minimum atomic E-state index is 0.00162. The molecule has 2 N–H and O–H groups in total. The maximum Gasteiger partial charge on any atom is 0.233 e. The predicted octanol–water partition coefficient (Wildman–Crippen LogP) is 4.82. The third kappa shape index (κ3) is 3.31. The number of halogens is 1. The number of nitrogens with zero attached hydrogens (tertiary/aromatic N) is 1. The van der Waals surface area contributed by atoms with Gasteiger partial charge in [0.2, 0.25) is 5.88 Å². The van der Waals surface area contributed by atoms with Gasteiger partial charge in [-0.2, -0.15) is 0 Å². The van der Waals surface area contributed by atoms with Gasteiger partial charge in [0.05, 0.1) is 16.4 Å². The fraction of sp³-hybridized carbons (Fsp3) is 0.312. The van der Waals surface area contributed by atoms with Crippen molar-refractivity contribution in [2.24, 2.45) is 0 Å². The van der Waals surface area contributed by atoms with Crippen LogP contribution in [0.5, 0.6) is 11.6 Å². The quantitative estimate of drug-likeness (QED) is 0.855. The predicted molar refractivity (Wildman–Crippen MR) is 86.3 cm³/mol. The molecule has 106 valence electrons. The Morgan fingerprint density at radius 2 is 1.90 bits per heavy atom. The Hall–Kier alpha value is -1.55. The summed E-state index contributed by atoms with van der Waals surface area (Å²) in [6.45, 7) is 8.58. The number of nitrogen functional groups attached to an aromatic ring is 1. The minimum absolute atomic E-state index is 0.00162. The maximum absolute atomic E-state index is 5.96. The lowest BCUT2D eigenvalue weighted by Crippen LogP contribution is -2.13. The number of nitrogens with two attached hydrogens (primary N) is 1. The Kier molecular flexibility index (Phi) is 4.04. The molecule has 0 atom stereocenters. The molecule has 1 aromatic carbocycles. The second kappa shape index (κ2) is 5.44. The molecule has 1 aromatic heterocycles. The summed E-state index contributed by atoms with van der Waals surface area (Å²) in [5, 5.41) is 0. The van der Waals surface area contributed by atoms with E-state index in [0.29, 0.717) is 11.6 Å². The van der Waals surface area contributed by atoms with Crippen LogP contribution in [0.1, 0.15) is 31.9 Å². The molecule has 0 bridgehead atoms. The third-order valence-corrected chi connectivity index (χ3v) is 3.55. The summed E-state index contributed by atoms with van der Waals surface area (Å²) in [5.74, 6) is 1.34. The summed E-state index contributed by atoms with van der Waals surface area (Å²) in [4.78, 5) is 4.22. The van der Waals surface area contributed by atoms with Gasteiger partial charge in [-0.05, 0) is 40.4 Å². The summed E-state index contributed by atoms with van der Waals surface area (Å²) >= 11 is 3.43. The first-order valence-corrected chi connectivity index (χ1v) is 7.26. The number of hydrogen-bond donors (Lipinski definition) is 1. The molecule has 0 amide bonds. The van der Waals surface area contributed by atoms with Crippen LogP contribution in [0.2, 0.25) is 0 Å². The summed E-state index contributed by atoms with van der Waals surface area (Å²) in [6.07, 6.45) is 1.59. The number of hydrogen-bond acceptors (Lipinski definition) is 3. The van der Waals surface area contributed by atoms with Crippen LogP contribution in [0.25, 0.3) is 0 Å². The van der Waals surface area contributed by atoms with Gasteiger partial charge >= 0.3 is 0 Å². The maximum atomic E-state index is 5.96. The lowest BCUT2D eigenvalue weighted by Gasteiger charge is -2.23. The van der Waals surface area contributed by atoms with Crippen LogP contribution in [0, 0.1) is 6.92 Å². The SMILES string of the molecule is Cc1ccc(Oc2ncc(N)cc2Br)c(C(C)(C)C)c1. The number of aromatic nitrogens is 1. The van der Waals surface area contributed by atoms with E-state index in [1.165, 1.54) is 5.56 Å². The molecule has 0 spiro atoms. The van der Waals surface area contributed by atoms with Gasteiger partial charge in [0, 0.05) is 5.56 Å². The van der Waals surface area contributed by atoms with Crippen LogP contribution in [0.4, 0.5) is 5.69 Å². The Bertz CT molecular complexity index is 633. The highest BCUT2D eigenvalue weighted by atomic mass is 79.9. The molecule has 1 heterocycles. The molecule has 0 unspecified atom stereocenters. The summed E-state index contributed by atoms with van der Waals surface area (Å²) in [5.41, 5.74) is 8.66. The van der Waals surface area contributed by atoms with Gasteiger partial charge in [0.25, 0.3) is 0 Å². The minimum Gasteiger partial charge on any atom is -0.438 e. The Labute approximate surface area is 128 Å². The summed E-state index contributed by atoms with van der Waals surface area (Å²) in [7, 11) is 0. The first kappa shape index (κ1) is 14.9. The average Bonchev–Trinajstić information content (AvgIpc) is 2.33. The van der Waals surface area contributed by atoms with Gasteiger partial charge in [-0.25, -0.2) is 4.98 Å². The molecule has 0 fully saturated rings. The van der Waals surface area contributed by atoms with Crippen molar-refractivity contribution in [3.05, 3.63) is 46.1 Å². The molecular formula is C16H19BrN2O. The van der Waals surface area contributed by atoms with Gasteiger partial charge in [0.15, 0.2) is 0 Å². The lowest BCUT2D eigenvalue weighted by atomic mass is 9.85. The zero-order valence-corrected chi connectivity index (χ0v) is 13.8. The van der Waals surface area contributed by atoms with Crippen molar-refractivity contribution >= 4 is 21.6 Å². The van der Waals surface area contributed by atoms with Crippen molar-refractivity contribution in [3.8, 4) is 11.6 Å². The number of rotatable bonds is 2. The molecule has 0 radical (unpaired) electrons. The van der Waals surface area contributed by atoms with E-state index in [-0.39, 0.29) is 5.41 Å². The van der Waals surface area contributed by atoms with Gasteiger partial charge in [-0.15, -0.1) is 0 Å². The topological polar surface area (TPSA) is 48.1 Å². The van der Waals surface area contributed by atoms with Crippen molar-refractivity contribution in [1.29, 1.82) is 0 Å². The zero-order chi connectivity index (χ0) is 14.9. The molecule has 4 heteroatoms. The third-order valence-electron chi connectivity index (χ3n) is 2.98. The van der Waals surface area contributed by atoms with E-state index in [4.69, 9.17) is 10.5 Å². The Morgan fingerprint density at radius 1 is 1.20 bits per heavy atom. The highest BCUT2D eigenvalue weighted by Crippen LogP contribution is 2.36. The van der Waals surface area contributed by atoms with Crippen LogP contribution in [-0.4, -0.2) is 4.98 Å². The first-order valence-electron chi connectivity index (χ1n) is 6.47. The number of ether oxygens (including phenoxy) is 1. The fourth-order valence-electron chi connectivity index (χ4n) is 1.94. The van der Waals surface area contributed by atoms with E-state index in [1.807, 2.05) is 12.1 Å². The monoisotopic (exact) mass is 334 g/mol. The standard InChI is InChI=1S/C16H19BrN2O/c1-10-5-6-14(12(7-10)16(2,3)4)20-15-13(17)8-11(18)9-19-15/h5-9H,18H2,1-4H3. The molecule has 0 aliphatic rings. The molecule has 0 aliphatic heterocycles. The van der Waals surface area contributed by atoms with Crippen molar-refractivity contribution in [2.75, 3.05) is 5.73 Å². The molecule has 0 saturated carbocycles. The molecule has 0 saturated heterocycles. The van der Waals surface area contributed by atoms with Crippen LogP contribution < -0.4 is 10.5 Å². The number of benzene rings is 1. The molecule has 0 aliphatic carbocycles. The highest BCUT2D eigenvalue weighted by Gasteiger charge is 2.20. The molecule has 20 heavy (non-hydrogen) atoms. The van der Waals surface area contributed by atoms with Crippen molar-refractivity contribution < 1.29 is 4.74 Å². The van der Waals surface area contributed by atoms with Gasteiger partial charge in [0.1, 0.15) is 5.75 Å². The average molecular weight is 335 g/mol. The molecule has 2 aromatic rings. The molecule has 3 nitrogen and oxygen atoms in total. The van der Waals surface area contributed by atoms with Gasteiger partial charge in [-0.1, -0.05) is 38.5 Å². The first-order chi connectivity index (χ1) is 9.27. The highest BCUT2D eigenvalue weighted by molar-refractivity contribution is 9.10. The largest absolute Gasteiger partial charge is 0.438 e. The van der Waals surface area contributed by atoms with Gasteiger partial charge in [-0.3, -0.25) is 0 Å². The summed E-state index contributed by atoms with van der Waals surface area (Å²) < 4.78 is 6.71. The van der Waals surface area contributed by atoms with E-state index in [1.54, 1.807) is 12.3 Å². The van der Waals surface area contributed by atoms with E-state index in [9.17, 15) is 0 Å². The zero-order valence-electron chi connectivity index (χ0n) is 12.2. The lowest BCUT2D eigenvalue weighted by molar-refractivity contribution is 0.437. The van der Waals surface area contributed by atoms with E-state index < -0.39 is 0 Å². The fourth-order valence-corrected chi connectivity index (χ4v) is 2.39. The Morgan fingerprint density at radius 3 is 2.50 bits per heavy atom. The van der Waals surface area contributed by atoms with Gasteiger partial charge < -0.3 is 10.5 Å². The summed E-state index contributed by atoms with van der Waals surface area (Å²) in [6, 6.07) is 7.96. The van der Waals surface area contributed by atoms with Crippen LogP contribution in [0.15, 0.2) is 34.9 Å². The smallest absolute Gasteiger partial charge is 0.233 e. The van der Waals surface area contributed by atoms with Crippen molar-refractivity contribution in [3.63, 3.8) is 0 Å². The molecule has 2 rings (SSSR count). The Balaban J connectivity index is 2.43. The van der Waals surface area contributed by atoms with Crippen LogP contribution in [0.3, 0.4) is 0 Å². The van der Waals surface area contributed by atoms with Crippen molar-refractivity contribution in [2.45, 2.75) is 33.1 Å².